The number of likely N-dealkylation sites (N-methyl/N-ethyl adjacent to an activating group) is 1. The lowest BCUT2D eigenvalue weighted by atomic mass is 10.3. The zero-order valence-electron chi connectivity index (χ0n) is 8.30. The Morgan fingerprint density at radius 1 is 1.60 bits per heavy atom. The standard InChI is InChI=1S/C8H13F3N2OS/c1-2-13(4-8(9,10)11)7(14)6-3-15-5-12-6/h6,12H,2-5H2,1H3. The van der Waals surface area contributed by atoms with Crippen LogP contribution in [0.2, 0.25) is 0 Å². The molecule has 3 nitrogen and oxygen atoms in total. The average Bonchev–Trinajstić information content (AvgIpc) is 2.64. The van der Waals surface area contributed by atoms with Crippen molar-refractivity contribution in [2.24, 2.45) is 0 Å². The van der Waals surface area contributed by atoms with Crippen LogP contribution < -0.4 is 5.32 Å². The van der Waals surface area contributed by atoms with Crippen molar-refractivity contribution >= 4 is 17.7 Å². The molecule has 0 aromatic carbocycles. The highest BCUT2D eigenvalue weighted by atomic mass is 32.2. The van der Waals surface area contributed by atoms with Crippen molar-refractivity contribution < 1.29 is 18.0 Å². The van der Waals surface area contributed by atoms with Crippen molar-refractivity contribution in [1.29, 1.82) is 0 Å². The second-order valence-corrected chi connectivity index (χ2v) is 4.27. The smallest absolute Gasteiger partial charge is 0.332 e. The lowest BCUT2D eigenvalue weighted by molar-refractivity contribution is -0.161. The summed E-state index contributed by atoms with van der Waals surface area (Å²) in [6, 6.07) is -0.461. The van der Waals surface area contributed by atoms with Crippen LogP contribution in [-0.2, 0) is 4.79 Å². The first-order valence-corrected chi connectivity index (χ1v) is 5.76. The minimum Gasteiger partial charge on any atom is -0.332 e. The van der Waals surface area contributed by atoms with Crippen LogP contribution in [0.25, 0.3) is 0 Å². The molecule has 0 spiro atoms. The Hall–Kier alpha value is -0.430. The lowest BCUT2D eigenvalue weighted by Gasteiger charge is -2.24. The molecule has 0 saturated carbocycles. The molecule has 15 heavy (non-hydrogen) atoms. The molecule has 7 heteroatoms. The summed E-state index contributed by atoms with van der Waals surface area (Å²) in [7, 11) is 0. The fraction of sp³-hybridized carbons (Fsp3) is 0.875. The zero-order chi connectivity index (χ0) is 11.5. The number of halogens is 3. The topological polar surface area (TPSA) is 32.3 Å². The summed E-state index contributed by atoms with van der Waals surface area (Å²) in [6.07, 6.45) is -4.32. The van der Waals surface area contributed by atoms with Gasteiger partial charge in [-0.05, 0) is 6.92 Å². The van der Waals surface area contributed by atoms with E-state index in [2.05, 4.69) is 5.32 Å². The minimum absolute atomic E-state index is 0.0845. The number of nitrogens with zero attached hydrogens (tertiary/aromatic N) is 1. The van der Waals surface area contributed by atoms with Gasteiger partial charge in [-0.1, -0.05) is 0 Å². The van der Waals surface area contributed by atoms with Crippen LogP contribution in [0, 0.1) is 0 Å². The Labute approximate surface area is 90.4 Å². The van der Waals surface area contributed by atoms with E-state index in [4.69, 9.17) is 0 Å². The number of nitrogens with one attached hydrogen (secondary N) is 1. The van der Waals surface area contributed by atoms with E-state index in [1.807, 2.05) is 0 Å². The average molecular weight is 242 g/mol. The Bertz CT molecular complexity index is 228. The molecule has 1 N–H and O–H groups in total. The fourth-order valence-corrected chi connectivity index (χ4v) is 2.27. The van der Waals surface area contributed by atoms with Gasteiger partial charge in [-0.2, -0.15) is 13.2 Å². The molecular formula is C8H13F3N2OS. The van der Waals surface area contributed by atoms with Gasteiger partial charge in [-0.15, -0.1) is 11.8 Å². The van der Waals surface area contributed by atoms with Gasteiger partial charge in [0.1, 0.15) is 6.54 Å². The SMILES string of the molecule is CCN(CC(F)(F)F)C(=O)C1CSCN1. The maximum Gasteiger partial charge on any atom is 0.406 e. The second kappa shape index (κ2) is 5.07. The first kappa shape index (κ1) is 12.6. The van der Waals surface area contributed by atoms with Crippen LogP contribution in [0.4, 0.5) is 13.2 Å². The van der Waals surface area contributed by atoms with E-state index in [9.17, 15) is 18.0 Å². The first-order chi connectivity index (χ1) is 6.94. The highest BCUT2D eigenvalue weighted by Gasteiger charge is 2.35. The van der Waals surface area contributed by atoms with Crippen molar-refractivity contribution in [2.45, 2.75) is 19.1 Å². The van der Waals surface area contributed by atoms with Crippen LogP contribution in [0.1, 0.15) is 6.92 Å². The molecule has 88 valence electrons. The predicted molar refractivity (Wildman–Crippen MR) is 52.6 cm³/mol. The van der Waals surface area contributed by atoms with E-state index in [1.165, 1.54) is 11.8 Å². The normalized spacial score (nSPS) is 21.7. The molecular weight excluding hydrogens is 229 g/mol. The second-order valence-electron chi connectivity index (χ2n) is 3.24. The molecule has 0 aromatic rings. The van der Waals surface area contributed by atoms with Gasteiger partial charge in [0.2, 0.25) is 5.91 Å². The van der Waals surface area contributed by atoms with E-state index in [-0.39, 0.29) is 6.54 Å². The van der Waals surface area contributed by atoms with Crippen LogP contribution in [0.5, 0.6) is 0 Å². The molecule has 1 amide bonds. The Kier molecular flexibility index (Phi) is 4.27. The highest BCUT2D eigenvalue weighted by Crippen LogP contribution is 2.18. The molecule has 1 saturated heterocycles. The van der Waals surface area contributed by atoms with Gasteiger partial charge in [0.05, 0.1) is 6.04 Å². The quantitative estimate of drug-likeness (QED) is 0.803. The first-order valence-electron chi connectivity index (χ1n) is 4.60. The maximum atomic E-state index is 12.1. The Morgan fingerprint density at radius 3 is 2.67 bits per heavy atom. The summed E-state index contributed by atoms with van der Waals surface area (Å²) < 4.78 is 36.4. The van der Waals surface area contributed by atoms with E-state index in [0.29, 0.717) is 11.6 Å². The summed E-state index contributed by atoms with van der Waals surface area (Å²) in [6.45, 7) is 0.470. The number of alkyl halides is 3. The van der Waals surface area contributed by atoms with E-state index >= 15 is 0 Å². The molecule has 0 aliphatic carbocycles. The molecule has 0 aromatic heterocycles. The summed E-state index contributed by atoms with van der Waals surface area (Å²) in [5, 5.41) is 2.86. The molecule has 1 fully saturated rings. The van der Waals surface area contributed by atoms with Gasteiger partial charge in [-0.25, -0.2) is 0 Å². The number of thioether (sulfide) groups is 1. The molecule has 1 unspecified atom stereocenters. The Morgan fingerprint density at radius 2 is 2.27 bits per heavy atom. The van der Waals surface area contributed by atoms with E-state index in [1.54, 1.807) is 6.92 Å². The highest BCUT2D eigenvalue weighted by molar-refractivity contribution is 7.99. The predicted octanol–water partition coefficient (Wildman–Crippen LogP) is 1.06. The molecule has 1 rings (SSSR count). The van der Waals surface area contributed by atoms with Gasteiger partial charge in [-0.3, -0.25) is 10.1 Å². The minimum atomic E-state index is -4.32. The van der Waals surface area contributed by atoms with Crippen LogP contribution >= 0.6 is 11.8 Å². The number of rotatable bonds is 3. The molecule has 1 heterocycles. The van der Waals surface area contributed by atoms with Crippen molar-refractivity contribution in [2.75, 3.05) is 24.7 Å². The van der Waals surface area contributed by atoms with Gasteiger partial charge in [0.15, 0.2) is 0 Å². The maximum absolute atomic E-state index is 12.1. The van der Waals surface area contributed by atoms with Gasteiger partial charge in [0.25, 0.3) is 0 Å². The monoisotopic (exact) mass is 242 g/mol. The summed E-state index contributed by atoms with van der Waals surface area (Å²) >= 11 is 1.52. The van der Waals surface area contributed by atoms with Crippen LogP contribution in [-0.4, -0.2) is 47.7 Å². The number of hydrogen-bond donors (Lipinski definition) is 1. The fourth-order valence-electron chi connectivity index (χ4n) is 1.34. The number of hydrogen-bond acceptors (Lipinski definition) is 3. The third-order valence-corrected chi connectivity index (χ3v) is 3.02. The number of amides is 1. The molecule has 1 aliphatic heterocycles. The van der Waals surface area contributed by atoms with Crippen molar-refractivity contribution in [3.63, 3.8) is 0 Å². The zero-order valence-corrected chi connectivity index (χ0v) is 9.12. The van der Waals surface area contributed by atoms with Crippen molar-refractivity contribution in [3.05, 3.63) is 0 Å². The van der Waals surface area contributed by atoms with Crippen molar-refractivity contribution in [3.8, 4) is 0 Å². The third kappa shape index (κ3) is 3.90. The summed E-state index contributed by atoms with van der Waals surface area (Å²) in [5.74, 6) is 0.715. The number of carbonyl (C=O) groups excluding carboxylic acids is 1. The largest absolute Gasteiger partial charge is 0.406 e. The molecule has 0 bridgehead atoms. The van der Waals surface area contributed by atoms with Gasteiger partial charge in [0, 0.05) is 18.2 Å². The molecule has 1 atom stereocenters. The summed E-state index contributed by atoms with van der Waals surface area (Å²) in [4.78, 5) is 12.4. The Balaban J connectivity index is 2.53. The molecule has 0 radical (unpaired) electrons. The van der Waals surface area contributed by atoms with Gasteiger partial charge >= 0.3 is 6.18 Å². The third-order valence-electron chi connectivity index (χ3n) is 2.08. The summed E-state index contributed by atoms with van der Waals surface area (Å²) in [5.41, 5.74) is 0. The van der Waals surface area contributed by atoms with E-state index < -0.39 is 24.7 Å². The van der Waals surface area contributed by atoms with Crippen molar-refractivity contribution in [1.82, 2.24) is 10.2 Å². The van der Waals surface area contributed by atoms with Gasteiger partial charge < -0.3 is 4.90 Å². The van der Waals surface area contributed by atoms with E-state index in [0.717, 1.165) is 4.90 Å². The lowest BCUT2D eigenvalue weighted by Crippen LogP contribution is -2.48. The number of carbonyl (C=O) groups is 1. The van der Waals surface area contributed by atoms with Crippen LogP contribution in [0.15, 0.2) is 0 Å². The molecule has 1 aliphatic rings. The van der Waals surface area contributed by atoms with Crippen LogP contribution in [0.3, 0.4) is 0 Å².